The first-order valence-corrected chi connectivity index (χ1v) is 11.4. The summed E-state index contributed by atoms with van der Waals surface area (Å²) in [7, 11) is 1.10. The first-order chi connectivity index (χ1) is 16.8. The van der Waals surface area contributed by atoms with Crippen LogP contribution in [0, 0.1) is 5.41 Å². The highest BCUT2D eigenvalue weighted by Gasteiger charge is 2.53. The lowest BCUT2D eigenvalue weighted by Gasteiger charge is -2.46. The highest BCUT2D eigenvalue weighted by molar-refractivity contribution is 5.96. The summed E-state index contributed by atoms with van der Waals surface area (Å²) < 4.78 is 4.73. The summed E-state index contributed by atoms with van der Waals surface area (Å²) in [5.74, 6) is -2.89. The van der Waals surface area contributed by atoms with Gasteiger partial charge in [0.25, 0.3) is 0 Å². The number of amidine groups is 1. The number of hydrogen-bond donors (Lipinski definition) is 6. The number of rotatable bonds is 14. The molecule has 2 unspecified atom stereocenters. The fourth-order valence-corrected chi connectivity index (χ4v) is 3.88. The average Bonchev–Trinajstić information content (AvgIpc) is 2.84. The monoisotopic (exact) mass is 505 g/mol. The summed E-state index contributed by atoms with van der Waals surface area (Å²) >= 11 is 0. The van der Waals surface area contributed by atoms with Crippen LogP contribution in [0.15, 0.2) is 24.3 Å². The summed E-state index contributed by atoms with van der Waals surface area (Å²) in [4.78, 5) is 61.1. The predicted molar refractivity (Wildman–Crippen MR) is 132 cm³/mol. The standard InChI is InChI=1S/C24H35N5O7/c1-5-7-17(14-30)28-18(31)13-27-21(34)24(11-10-19(32)33,29-22(35)36-4)23(2,3)16-9-6-8-15(12-16)20(25)26/h6,8-9,12,14,17H,5,7,10-11,13H2,1-4H3,(H3,25,26)(H,27,34)(H,28,31)(H,29,35)(H,32,33). The number of methoxy groups -OCH3 is 1. The Labute approximate surface area is 209 Å². The van der Waals surface area contributed by atoms with E-state index in [9.17, 15) is 29.1 Å². The van der Waals surface area contributed by atoms with Gasteiger partial charge in [0.2, 0.25) is 11.8 Å². The van der Waals surface area contributed by atoms with E-state index in [0.717, 1.165) is 7.11 Å². The number of nitrogen functional groups attached to an aromatic ring is 1. The van der Waals surface area contributed by atoms with Gasteiger partial charge in [0.15, 0.2) is 0 Å². The van der Waals surface area contributed by atoms with E-state index in [-0.39, 0.29) is 12.3 Å². The Morgan fingerprint density at radius 3 is 2.44 bits per heavy atom. The van der Waals surface area contributed by atoms with Crippen molar-refractivity contribution in [2.45, 2.75) is 63.5 Å². The van der Waals surface area contributed by atoms with Crippen molar-refractivity contribution in [2.75, 3.05) is 13.7 Å². The largest absolute Gasteiger partial charge is 0.481 e. The molecular weight excluding hydrogens is 470 g/mol. The van der Waals surface area contributed by atoms with Crippen molar-refractivity contribution in [3.05, 3.63) is 35.4 Å². The summed E-state index contributed by atoms with van der Waals surface area (Å²) in [5, 5.41) is 24.6. The molecule has 0 aliphatic heterocycles. The van der Waals surface area contributed by atoms with Crippen molar-refractivity contribution >= 4 is 36.0 Å². The number of nitrogens with two attached hydrogens (primary N) is 1. The van der Waals surface area contributed by atoms with Gasteiger partial charge in [-0.05, 0) is 24.5 Å². The van der Waals surface area contributed by atoms with E-state index in [4.69, 9.17) is 15.9 Å². The number of carboxylic acids is 1. The molecule has 3 amide bonds. The topological polar surface area (TPSA) is 201 Å². The first kappa shape index (κ1) is 30.1. The van der Waals surface area contributed by atoms with Gasteiger partial charge in [-0.2, -0.15) is 0 Å². The van der Waals surface area contributed by atoms with Gasteiger partial charge in [0, 0.05) is 17.4 Å². The lowest BCUT2D eigenvalue weighted by atomic mass is 9.64. The summed E-state index contributed by atoms with van der Waals surface area (Å²) in [6.45, 7) is 4.57. The zero-order chi connectivity index (χ0) is 27.5. The van der Waals surface area contributed by atoms with Crippen LogP contribution in [-0.4, -0.2) is 66.3 Å². The first-order valence-electron chi connectivity index (χ1n) is 11.4. The molecule has 0 spiro atoms. The predicted octanol–water partition coefficient (Wildman–Crippen LogP) is 0.808. The maximum absolute atomic E-state index is 13.7. The molecule has 0 aromatic heterocycles. The molecule has 0 bridgehead atoms. The van der Waals surface area contributed by atoms with Gasteiger partial charge in [-0.25, -0.2) is 4.79 Å². The van der Waals surface area contributed by atoms with Crippen molar-refractivity contribution in [1.82, 2.24) is 16.0 Å². The number of aldehydes is 1. The summed E-state index contributed by atoms with van der Waals surface area (Å²) in [6, 6.07) is 5.72. The zero-order valence-corrected chi connectivity index (χ0v) is 21.0. The molecule has 0 heterocycles. The number of carboxylic acid groups (broad SMARTS) is 1. The Hall–Kier alpha value is -3.96. The third kappa shape index (κ3) is 7.52. The van der Waals surface area contributed by atoms with E-state index >= 15 is 0 Å². The molecule has 12 heteroatoms. The molecule has 0 radical (unpaired) electrons. The average molecular weight is 506 g/mol. The van der Waals surface area contributed by atoms with Crippen molar-refractivity contribution in [1.29, 1.82) is 5.41 Å². The number of aliphatic carboxylic acids is 1. The fourth-order valence-electron chi connectivity index (χ4n) is 3.88. The maximum Gasteiger partial charge on any atom is 0.407 e. The van der Waals surface area contributed by atoms with Crippen LogP contribution in [0.25, 0.3) is 0 Å². The number of amides is 3. The third-order valence-electron chi connectivity index (χ3n) is 6.08. The number of carbonyl (C=O) groups excluding carboxylic acids is 4. The van der Waals surface area contributed by atoms with E-state index in [0.29, 0.717) is 30.3 Å². The highest BCUT2D eigenvalue weighted by atomic mass is 16.5. The van der Waals surface area contributed by atoms with Crippen LogP contribution in [0.5, 0.6) is 0 Å². The Balaban J connectivity index is 3.49. The Bertz CT molecular complexity index is 995. The highest BCUT2D eigenvalue weighted by Crippen LogP contribution is 2.39. The normalized spacial score (nSPS) is 13.4. The molecule has 2 atom stereocenters. The SMILES string of the molecule is CCCC(C=O)NC(=O)CNC(=O)C(CCC(=O)O)(NC(=O)OC)C(C)(C)c1cccc(C(=N)N)c1. The van der Waals surface area contributed by atoms with E-state index in [1.54, 1.807) is 38.1 Å². The zero-order valence-electron chi connectivity index (χ0n) is 21.0. The van der Waals surface area contributed by atoms with Crippen molar-refractivity contribution < 1.29 is 33.8 Å². The van der Waals surface area contributed by atoms with Crippen molar-refractivity contribution in [3.63, 3.8) is 0 Å². The molecule has 12 nitrogen and oxygen atoms in total. The van der Waals surface area contributed by atoms with Gasteiger partial charge in [0.1, 0.15) is 17.7 Å². The molecule has 36 heavy (non-hydrogen) atoms. The number of ether oxygens (including phenoxy) is 1. The van der Waals surface area contributed by atoms with E-state index < -0.39 is 53.8 Å². The van der Waals surface area contributed by atoms with E-state index in [1.165, 1.54) is 0 Å². The number of nitrogens with one attached hydrogen (secondary N) is 4. The third-order valence-corrected chi connectivity index (χ3v) is 6.08. The van der Waals surface area contributed by atoms with Crippen LogP contribution < -0.4 is 21.7 Å². The molecule has 1 aromatic rings. The summed E-state index contributed by atoms with van der Waals surface area (Å²) in [5.41, 5.74) is 3.27. The Morgan fingerprint density at radius 1 is 1.25 bits per heavy atom. The van der Waals surface area contributed by atoms with Crippen LogP contribution in [0.2, 0.25) is 0 Å². The van der Waals surface area contributed by atoms with E-state index in [2.05, 4.69) is 16.0 Å². The lowest BCUT2D eigenvalue weighted by Crippen LogP contribution is -2.68. The minimum Gasteiger partial charge on any atom is -0.481 e. The Kier molecular flexibility index (Phi) is 11.0. The molecular formula is C24H35N5O7. The van der Waals surface area contributed by atoms with Crippen LogP contribution >= 0.6 is 0 Å². The molecule has 0 aliphatic rings. The molecule has 0 fully saturated rings. The lowest BCUT2D eigenvalue weighted by molar-refractivity contribution is -0.139. The molecule has 0 saturated heterocycles. The molecule has 198 valence electrons. The van der Waals surface area contributed by atoms with E-state index in [1.807, 2.05) is 6.92 Å². The smallest absolute Gasteiger partial charge is 0.407 e. The molecule has 1 aromatic carbocycles. The number of carbonyl (C=O) groups is 5. The number of hydrogen-bond acceptors (Lipinski definition) is 7. The van der Waals surface area contributed by atoms with Gasteiger partial charge < -0.3 is 36.3 Å². The fraction of sp³-hybridized carbons (Fsp3) is 0.500. The van der Waals surface area contributed by atoms with Gasteiger partial charge in [-0.15, -0.1) is 0 Å². The van der Waals surface area contributed by atoms with Gasteiger partial charge in [-0.1, -0.05) is 45.4 Å². The minimum atomic E-state index is -1.90. The molecule has 7 N–H and O–H groups in total. The second-order valence-electron chi connectivity index (χ2n) is 8.82. The van der Waals surface area contributed by atoms with Crippen molar-refractivity contribution in [2.24, 2.45) is 5.73 Å². The number of benzene rings is 1. The molecule has 0 aliphatic carbocycles. The van der Waals surface area contributed by atoms with Crippen LogP contribution in [0.4, 0.5) is 4.79 Å². The second-order valence-corrected chi connectivity index (χ2v) is 8.82. The van der Waals surface area contributed by atoms with Crippen LogP contribution in [0.3, 0.4) is 0 Å². The van der Waals surface area contributed by atoms with Gasteiger partial charge >= 0.3 is 12.1 Å². The Morgan fingerprint density at radius 2 is 1.92 bits per heavy atom. The molecule has 1 rings (SSSR count). The van der Waals surface area contributed by atoms with Crippen LogP contribution in [0.1, 0.15) is 57.6 Å². The van der Waals surface area contributed by atoms with Gasteiger partial charge in [0.05, 0.1) is 19.7 Å². The minimum absolute atomic E-state index is 0.220. The quantitative estimate of drug-likeness (QED) is 0.121. The maximum atomic E-state index is 13.7. The number of alkyl carbamates (subject to hydrolysis) is 1. The molecule has 0 saturated carbocycles. The second kappa shape index (κ2) is 13.2. The van der Waals surface area contributed by atoms with Crippen molar-refractivity contribution in [3.8, 4) is 0 Å². The summed E-state index contributed by atoms with van der Waals surface area (Å²) in [6.07, 6.45) is -0.151. The van der Waals surface area contributed by atoms with Crippen LogP contribution in [-0.2, 0) is 29.3 Å². The van der Waals surface area contributed by atoms with Gasteiger partial charge in [-0.3, -0.25) is 19.8 Å².